The second kappa shape index (κ2) is 9.31. The van der Waals surface area contributed by atoms with Gasteiger partial charge in [0.25, 0.3) is 0 Å². The Balaban J connectivity index is 1.95. The van der Waals surface area contributed by atoms with Crippen LogP contribution in [0.15, 0.2) is 48.8 Å². The van der Waals surface area contributed by atoms with Gasteiger partial charge in [0.15, 0.2) is 0 Å². The van der Waals surface area contributed by atoms with Crippen molar-refractivity contribution in [1.29, 1.82) is 0 Å². The minimum Gasteiger partial charge on any atom is -0.462 e. The molecule has 0 radical (unpaired) electrons. The summed E-state index contributed by atoms with van der Waals surface area (Å²) < 4.78 is 4.91. The third kappa shape index (κ3) is 5.70. The number of amides is 2. The van der Waals surface area contributed by atoms with Crippen LogP contribution in [0, 0.1) is 0 Å². The molecule has 0 saturated heterocycles. The summed E-state index contributed by atoms with van der Waals surface area (Å²) in [6.07, 6.45) is 3.30. The number of rotatable bonds is 7. The molecule has 0 bridgehead atoms. The maximum absolute atomic E-state index is 12.2. The molecule has 7 nitrogen and oxygen atoms in total. The second-order valence-electron chi connectivity index (χ2n) is 5.58. The molecule has 2 rings (SSSR count). The quantitative estimate of drug-likeness (QED) is 0.770. The Morgan fingerprint density at radius 3 is 2.46 bits per heavy atom. The van der Waals surface area contributed by atoms with E-state index in [9.17, 15) is 14.4 Å². The van der Waals surface area contributed by atoms with E-state index in [0.717, 1.165) is 5.56 Å². The Hall–Kier alpha value is -3.22. The van der Waals surface area contributed by atoms with Crippen LogP contribution in [0.3, 0.4) is 0 Å². The molecule has 0 fully saturated rings. The maximum atomic E-state index is 12.2. The molecule has 0 aliphatic carbocycles. The standard InChI is InChI=1S/C19H21N3O4/c1-3-26-19(25)16-6-8-17(9-7-16)21-18(24)13-22(14(2)23)12-15-5-4-10-20-11-15/h4-11H,3,12-13H2,1-2H3,(H,21,24). The number of hydrogen-bond acceptors (Lipinski definition) is 5. The van der Waals surface area contributed by atoms with E-state index in [0.29, 0.717) is 24.4 Å². The van der Waals surface area contributed by atoms with E-state index in [4.69, 9.17) is 4.74 Å². The highest BCUT2D eigenvalue weighted by Crippen LogP contribution is 2.11. The van der Waals surface area contributed by atoms with Gasteiger partial charge in [-0.3, -0.25) is 14.6 Å². The largest absolute Gasteiger partial charge is 0.462 e. The number of carbonyl (C=O) groups is 3. The number of nitrogens with one attached hydrogen (secondary N) is 1. The fourth-order valence-electron chi connectivity index (χ4n) is 2.27. The smallest absolute Gasteiger partial charge is 0.338 e. The van der Waals surface area contributed by atoms with Crippen LogP contribution in [-0.4, -0.2) is 40.8 Å². The topological polar surface area (TPSA) is 88.6 Å². The Kier molecular flexibility index (Phi) is 6.84. The summed E-state index contributed by atoms with van der Waals surface area (Å²) in [5.74, 6) is -0.945. The summed E-state index contributed by atoms with van der Waals surface area (Å²) in [7, 11) is 0. The molecule has 136 valence electrons. The van der Waals surface area contributed by atoms with E-state index in [-0.39, 0.29) is 18.4 Å². The van der Waals surface area contributed by atoms with Gasteiger partial charge in [0.05, 0.1) is 12.2 Å². The zero-order chi connectivity index (χ0) is 18.9. The minimum absolute atomic E-state index is 0.0795. The van der Waals surface area contributed by atoms with Gasteiger partial charge in [-0.15, -0.1) is 0 Å². The molecule has 0 aliphatic heterocycles. The molecule has 1 heterocycles. The van der Waals surface area contributed by atoms with E-state index >= 15 is 0 Å². The highest BCUT2D eigenvalue weighted by molar-refractivity contribution is 5.95. The van der Waals surface area contributed by atoms with Crippen LogP contribution in [0.5, 0.6) is 0 Å². The van der Waals surface area contributed by atoms with Crippen molar-refractivity contribution < 1.29 is 19.1 Å². The number of carbonyl (C=O) groups excluding carboxylic acids is 3. The Labute approximate surface area is 152 Å². The molecule has 7 heteroatoms. The van der Waals surface area contributed by atoms with E-state index in [1.165, 1.54) is 11.8 Å². The zero-order valence-corrected chi connectivity index (χ0v) is 14.8. The first-order valence-electron chi connectivity index (χ1n) is 8.21. The Morgan fingerprint density at radius 2 is 1.88 bits per heavy atom. The van der Waals surface area contributed by atoms with Gasteiger partial charge in [0, 0.05) is 31.5 Å². The number of aromatic nitrogens is 1. The lowest BCUT2D eigenvalue weighted by Crippen LogP contribution is -2.36. The third-order valence-electron chi connectivity index (χ3n) is 3.56. The van der Waals surface area contributed by atoms with Gasteiger partial charge < -0.3 is 15.0 Å². The normalized spacial score (nSPS) is 10.1. The lowest BCUT2D eigenvalue weighted by atomic mass is 10.2. The number of hydrogen-bond donors (Lipinski definition) is 1. The average Bonchev–Trinajstić information content (AvgIpc) is 2.62. The fourth-order valence-corrected chi connectivity index (χ4v) is 2.27. The summed E-state index contributed by atoms with van der Waals surface area (Å²) in [5, 5.41) is 2.71. The van der Waals surface area contributed by atoms with Crippen molar-refractivity contribution in [2.24, 2.45) is 0 Å². The first-order valence-corrected chi connectivity index (χ1v) is 8.21. The van der Waals surface area contributed by atoms with E-state index < -0.39 is 5.97 Å². The monoisotopic (exact) mass is 355 g/mol. The highest BCUT2D eigenvalue weighted by Gasteiger charge is 2.15. The molecule has 2 amide bonds. The van der Waals surface area contributed by atoms with Crippen LogP contribution in [0.4, 0.5) is 5.69 Å². The number of pyridine rings is 1. The number of anilines is 1. The van der Waals surface area contributed by atoms with Crippen molar-refractivity contribution in [3.8, 4) is 0 Å². The molecule has 0 saturated carbocycles. The van der Waals surface area contributed by atoms with E-state index in [2.05, 4.69) is 10.3 Å². The molecule has 1 aromatic carbocycles. The summed E-state index contributed by atoms with van der Waals surface area (Å²) in [6, 6.07) is 10.00. The van der Waals surface area contributed by atoms with Gasteiger partial charge in [0.1, 0.15) is 6.54 Å². The Bertz CT molecular complexity index is 760. The van der Waals surface area contributed by atoms with E-state index in [1.807, 2.05) is 6.07 Å². The molecule has 0 unspecified atom stereocenters. The molecule has 0 aliphatic rings. The van der Waals surface area contributed by atoms with Crippen molar-refractivity contribution in [2.75, 3.05) is 18.5 Å². The van der Waals surface area contributed by atoms with Crippen LogP contribution in [0.2, 0.25) is 0 Å². The minimum atomic E-state index is -0.412. The van der Waals surface area contributed by atoms with Crippen LogP contribution in [0.25, 0.3) is 0 Å². The third-order valence-corrected chi connectivity index (χ3v) is 3.56. The highest BCUT2D eigenvalue weighted by atomic mass is 16.5. The lowest BCUT2D eigenvalue weighted by Gasteiger charge is -2.20. The summed E-state index contributed by atoms with van der Waals surface area (Å²) in [5.41, 5.74) is 1.79. The van der Waals surface area contributed by atoms with Crippen LogP contribution >= 0.6 is 0 Å². The van der Waals surface area contributed by atoms with Crippen molar-refractivity contribution >= 4 is 23.5 Å². The fraction of sp³-hybridized carbons (Fsp3) is 0.263. The molecule has 0 atom stereocenters. The van der Waals surface area contributed by atoms with Crippen molar-refractivity contribution in [3.05, 3.63) is 59.9 Å². The number of nitrogens with zero attached hydrogens (tertiary/aromatic N) is 2. The van der Waals surface area contributed by atoms with Crippen LogP contribution in [0.1, 0.15) is 29.8 Å². The number of ether oxygens (including phenoxy) is 1. The predicted octanol–water partition coefficient (Wildman–Crippen LogP) is 2.25. The average molecular weight is 355 g/mol. The molecule has 26 heavy (non-hydrogen) atoms. The Morgan fingerprint density at radius 1 is 1.15 bits per heavy atom. The summed E-state index contributed by atoms with van der Waals surface area (Å²) in [6.45, 7) is 3.67. The second-order valence-corrected chi connectivity index (χ2v) is 5.58. The summed E-state index contributed by atoms with van der Waals surface area (Å²) >= 11 is 0. The first kappa shape index (κ1) is 19.1. The lowest BCUT2D eigenvalue weighted by molar-refractivity contribution is -0.133. The maximum Gasteiger partial charge on any atom is 0.338 e. The molecule has 0 spiro atoms. The predicted molar refractivity (Wildman–Crippen MR) is 96.4 cm³/mol. The molecule has 1 N–H and O–H groups in total. The van der Waals surface area contributed by atoms with Gasteiger partial charge >= 0.3 is 5.97 Å². The number of esters is 1. The van der Waals surface area contributed by atoms with Crippen LogP contribution in [-0.2, 0) is 20.9 Å². The SMILES string of the molecule is CCOC(=O)c1ccc(NC(=O)CN(Cc2cccnc2)C(C)=O)cc1. The van der Waals surface area contributed by atoms with Crippen molar-refractivity contribution in [3.63, 3.8) is 0 Å². The molecular weight excluding hydrogens is 334 g/mol. The van der Waals surface area contributed by atoms with Crippen molar-refractivity contribution in [2.45, 2.75) is 20.4 Å². The molecule has 1 aromatic heterocycles. The first-order chi connectivity index (χ1) is 12.5. The van der Waals surface area contributed by atoms with Gasteiger partial charge in [-0.2, -0.15) is 0 Å². The van der Waals surface area contributed by atoms with Crippen molar-refractivity contribution in [1.82, 2.24) is 9.88 Å². The molecule has 2 aromatic rings. The summed E-state index contributed by atoms with van der Waals surface area (Å²) in [4.78, 5) is 41.1. The van der Waals surface area contributed by atoms with Gasteiger partial charge in [-0.25, -0.2) is 4.79 Å². The van der Waals surface area contributed by atoms with Gasteiger partial charge in [-0.1, -0.05) is 6.07 Å². The zero-order valence-electron chi connectivity index (χ0n) is 14.8. The van der Waals surface area contributed by atoms with Crippen LogP contribution < -0.4 is 5.32 Å². The molecular formula is C19H21N3O4. The van der Waals surface area contributed by atoms with Gasteiger partial charge in [-0.05, 0) is 42.8 Å². The van der Waals surface area contributed by atoms with Gasteiger partial charge in [0.2, 0.25) is 11.8 Å². The van der Waals surface area contributed by atoms with E-state index in [1.54, 1.807) is 49.6 Å². The number of benzene rings is 1.